The average Bonchev–Trinajstić information content (AvgIpc) is 2.28. The summed E-state index contributed by atoms with van der Waals surface area (Å²) in [6, 6.07) is 4.03. The second-order valence-corrected chi connectivity index (χ2v) is 3.38. The van der Waals surface area contributed by atoms with Gasteiger partial charge in [-0.2, -0.15) is 13.2 Å². The van der Waals surface area contributed by atoms with Gasteiger partial charge in [0.1, 0.15) is 0 Å². The molecule has 0 aliphatic carbocycles. The van der Waals surface area contributed by atoms with E-state index >= 15 is 0 Å². The van der Waals surface area contributed by atoms with Gasteiger partial charge >= 0.3 is 6.18 Å². The molecule has 1 aromatic rings. The van der Waals surface area contributed by atoms with Crippen molar-refractivity contribution in [2.45, 2.75) is 18.7 Å². The van der Waals surface area contributed by atoms with E-state index in [0.717, 1.165) is 18.2 Å². The number of nitrogens with one attached hydrogen (secondary N) is 1. The van der Waals surface area contributed by atoms with Crippen molar-refractivity contribution in [3.63, 3.8) is 0 Å². The molecule has 4 nitrogen and oxygen atoms in total. The number of benzene rings is 1. The van der Waals surface area contributed by atoms with E-state index < -0.39 is 30.2 Å². The molecule has 0 spiro atoms. The number of hydrogen-bond acceptors (Lipinski definition) is 3. The Labute approximate surface area is 94.6 Å². The highest BCUT2D eigenvalue weighted by Gasteiger charge is 2.30. The van der Waals surface area contributed by atoms with Crippen molar-refractivity contribution < 1.29 is 28.3 Å². The standard InChI is InChI=1S/C10H10F3NO3/c11-10(12,13)7-3-1-2-6(4-7)8(15)5-9(16)14-17/h1-4,8,15,17H,5H2,(H,14,16). The molecule has 0 radical (unpaired) electrons. The van der Waals surface area contributed by atoms with Crippen LogP contribution in [0.3, 0.4) is 0 Å². The highest BCUT2D eigenvalue weighted by atomic mass is 19.4. The Morgan fingerprint density at radius 1 is 1.41 bits per heavy atom. The zero-order valence-electron chi connectivity index (χ0n) is 8.53. The average molecular weight is 249 g/mol. The molecule has 0 aliphatic rings. The quantitative estimate of drug-likeness (QED) is 0.563. The van der Waals surface area contributed by atoms with E-state index in [1.807, 2.05) is 0 Å². The maximum Gasteiger partial charge on any atom is 0.416 e. The molecule has 94 valence electrons. The van der Waals surface area contributed by atoms with Crippen LogP contribution < -0.4 is 5.48 Å². The van der Waals surface area contributed by atoms with Gasteiger partial charge in [-0.1, -0.05) is 12.1 Å². The largest absolute Gasteiger partial charge is 0.416 e. The fraction of sp³-hybridized carbons (Fsp3) is 0.300. The molecule has 0 saturated heterocycles. The van der Waals surface area contributed by atoms with E-state index in [4.69, 9.17) is 5.21 Å². The van der Waals surface area contributed by atoms with Crippen molar-refractivity contribution in [1.29, 1.82) is 0 Å². The predicted octanol–water partition coefficient (Wildman–Crippen LogP) is 1.63. The van der Waals surface area contributed by atoms with Crippen molar-refractivity contribution in [1.82, 2.24) is 5.48 Å². The van der Waals surface area contributed by atoms with Gasteiger partial charge in [0.25, 0.3) is 0 Å². The van der Waals surface area contributed by atoms with E-state index in [-0.39, 0.29) is 5.56 Å². The molecule has 1 unspecified atom stereocenters. The van der Waals surface area contributed by atoms with Crippen molar-refractivity contribution in [2.75, 3.05) is 0 Å². The lowest BCUT2D eigenvalue weighted by atomic mass is 10.0. The lowest BCUT2D eigenvalue weighted by Gasteiger charge is -2.12. The molecule has 17 heavy (non-hydrogen) atoms. The van der Waals surface area contributed by atoms with Crippen LogP contribution in [0.4, 0.5) is 13.2 Å². The Hall–Kier alpha value is -1.60. The van der Waals surface area contributed by atoms with Gasteiger partial charge in [0.15, 0.2) is 0 Å². The summed E-state index contributed by atoms with van der Waals surface area (Å²) in [6.07, 6.45) is -6.42. The third-order valence-corrected chi connectivity index (χ3v) is 2.10. The van der Waals surface area contributed by atoms with Crippen molar-refractivity contribution >= 4 is 5.91 Å². The first-order valence-corrected chi connectivity index (χ1v) is 4.62. The number of halogens is 3. The molecule has 1 rings (SSSR count). The first-order chi connectivity index (χ1) is 7.84. The van der Waals surface area contributed by atoms with Gasteiger partial charge in [-0.3, -0.25) is 10.0 Å². The Morgan fingerprint density at radius 3 is 2.59 bits per heavy atom. The van der Waals surface area contributed by atoms with Crippen LogP contribution in [-0.4, -0.2) is 16.2 Å². The SMILES string of the molecule is O=C(CC(O)c1cccc(C(F)(F)F)c1)NO. The Bertz CT molecular complexity index is 406. The van der Waals surface area contributed by atoms with Gasteiger partial charge in [0.05, 0.1) is 18.1 Å². The summed E-state index contributed by atoms with van der Waals surface area (Å²) in [6.45, 7) is 0. The molecule has 0 fully saturated rings. The van der Waals surface area contributed by atoms with E-state index in [2.05, 4.69) is 0 Å². The van der Waals surface area contributed by atoms with E-state index in [1.165, 1.54) is 11.5 Å². The summed E-state index contributed by atoms with van der Waals surface area (Å²) < 4.78 is 37.1. The fourth-order valence-corrected chi connectivity index (χ4v) is 1.26. The number of hydrogen-bond donors (Lipinski definition) is 3. The fourth-order valence-electron chi connectivity index (χ4n) is 1.26. The molecular formula is C10H10F3NO3. The number of alkyl halides is 3. The smallest absolute Gasteiger partial charge is 0.388 e. The number of aliphatic hydroxyl groups excluding tert-OH is 1. The highest BCUT2D eigenvalue weighted by Crippen LogP contribution is 2.31. The molecule has 7 heteroatoms. The summed E-state index contributed by atoms with van der Waals surface area (Å²) in [5.74, 6) is -0.880. The molecule has 3 N–H and O–H groups in total. The number of rotatable bonds is 3. The maximum absolute atomic E-state index is 12.4. The Kier molecular flexibility index (Phi) is 4.08. The molecule has 0 heterocycles. The van der Waals surface area contributed by atoms with E-state index in [1.54, 1.807) is 0 Å². The zero-order valence-corrected chi connectivity index (χ0v) is 8.53. The Morgan fingerprint density at radius 2 is 2.06 bits per heavy atom. The monoisotopic (exact) mass is 249 g/mol. The molecule has 1 aromatic carbocycles. The third kappa shape index (κ3) is 3.72. The van der Waals surface area contributed by atoms with E-state index in [0.29, 0.717) is 0 Å². The minimum Gasteiger partial charge on any atom is -0.388 e. The molecule has 1 atom stereocenters. The van der Waals surface area contributed by atoms with Crippen molar-refractivity contribution in [3.05, 3.63) is 35.4 Å². The van der Waals surface area contributed by atoms with Gasteiger partial charge in [0, 0.05) is 0 Å². The van der Waals surface area contributed by atoms with Gasteiger partial charge in [0.2, 0.25) is 5.91 Å². The predicted molar refractivity (Wildman–Crippen MR) is 51.0 cm³/mol. The lowest BCUT2D eigenvalue weighted by Crippen LogP contribution is -2.21. The normalized spacial score (nSPS) is 13.2. The highest BCUT2D eigenvalue weighted by molar-refractivity contribution is 5.75. The lowest BCUT2D eigenvalue weighted by molar-refractivity contribution is -0.137. The van der Waals surface area contributed by atoms with Gasteiger partial charge in [-0.25, -0.2) is 5.48 Å². The maximum atomic E-state index is 12.4. The molecular weight excluding hydrogens is 239 g/mol. The molecule has 0 aromatic heterocycles. The van der Waals surface area contributed by atoms with Crippen LogP contribution in [0.2, 0.25) is 0 Å². The number of hydroxylamine groups is 1. The van der Waals surface area contributed by atoms with Crippen LogP contribution >= 0.6 is 0 Å². The van der Waals surface area contributed by atoms with Crippen LogP contribution in [0.15, 0.2) is 24.3 Å². The zero-order chi connectivity index (χ0) is 13.1. The molecule has 1 amide bonds. The minimum atomic E-state index is -4.50. The van der Waals surface area contributed by atoms with Gasteiger partial charge in [-0.15, -0.1) is 0 Å². The summed E-state index contributed by atoms with van der Waals surface area (Å²) in [4.78, 5) is 10.7. The number of carbonyl (C=O) groups is 1. The molecule has 0 bridgehead atoms. The second-order valence-electron chi connectivity index (χ2n) is 3.38. The van der Waals surface area contributed by atoms with Crippen LogP contribution in [0, 0.1) is 0 Å². The topological polar surface area (TPSA) is 69.6 Å². The number of aliphatic hydroxyl groups is 1. The van der Waals surface area contributed by atoms with Crippen LogP contribution in [-0.2, 0) is 11.0 Å². The Balaban J connectivity index is 2.88. The molecule has 0 saturated carbocycles. The second kappa shape index (κ2) is 5.15. The van der Waals surface area contributed by atoms with Crippen LogP contribution in [0.1, 0.15) is 23.7 Å². The van der Waals surface area contributed by atoms with E-state index in [9.17, 15) is 23.1 Å². The van der Waals surface area contributed by atoms with Crippen LogP contribution in [0.25, 0.3) is 0 Å². The number of carbonyl (C=O) groups excluding carboxylic acids is 1. The molecule has 0 aliphatic heterocycles. The summed E-state index contributed by atoms with van der Waals surface area (Å²) in [5.41, 5.74) is 0.347. The number of amides is 1. The first-order valence-electron chi connectivity index (χ1n) is 4.62. The summed E-state index contributed by atoms with van der Waals surface area (Å²) >= 11 is 0. The van der Waals surface area contributed by atoms with Crippen molar-refractivity contribution in [2.24, 2.45) is 0 Å². The first kappa shape index (κ1) is 13.5. The third-order valence-electron chi connectivity index (χ3n) is 2.10. The van der Waals surface area contributed by atoms with Gasteiger partial charge in [-0.05, 0) is 17.7 Å². The summed E-state index contributed by atoms with van der Waals surface area (Å²) in [5, 5.41) is 17.7. The van der Waals surface area contributed by atoms with Gasteiger partial charge < -0.3 is 5.11 Å². The minimum absolute atomic E-state index is 0.0385. The summed E-state index contributed by atoms with van der Waals surface area (Å²) in [7, 11) is 0. The van der Waals surface area contributed by atoms with Crippen molar-refractivity contribution in [3.8, 4) is 0 Å². The van der Waals surface area contributed by atoms with Crippen LogP contribution in [0.5, 0.6) is 0 Å².